The van der Waals surface area contributed by atoms with Gasteiger partial charge in [0.05, 0.1) is 6.54 Å². The number of carbonyl (C=O) groups is 5. The number of rotatable bonds is 5. The van der Waals surface area contributed by atoms with Gasteiger partial charge in [-0.25, -0.2) is 4.79 Å². The van der Waals surface area contributed by atoms with Crippen LogP contribution in [0.2, 0.25) is 0 Å². The lowest BCUT2D eigenvalue weighted by Gasteiger charge is -2.35. The summed E-state index contributed by atoms with van der Waals surface area (Å²) in [4.78, 5) is 65.4. The van der Waals surface area contributed by atoms with Crippen molar-refractivity contribution in [2.24, 2.45) is 0 Å². The van der Waals surface area contributed by atoms with E-state index >= 15 is 0 Å². The van der Waals surface area contributed by atoms with E-state index in [0.717, 1.165) is 29.7 Å². The van der Waals surface area contributed by atoms with Gasteiger partial charge in [0.2, 0.25) is 17.7 Å². The smallest absolute Gasteiger partial charge is 0.325 e. The van der Waals surface area contributed by atoms with Crippen LogP contribution in [-0.2, 0) is 25.7 Å². The lowest BCUT2D eigenvalue weighted by molar-refractivity contribution is -0.139. The molecule has 6 amide bonds. The van der Waals surface area contributed by atoms with Gasteiger partial charge in [-0.3, -0.25) is 29.0 Å². The number of likely N-dealkylation sites (N-methyl/N-ethyl adjacent to an activating group) is 1. The molecule has 0 atom stereocenters. The van der Waals surface area contributed by atoms with Crippen molar-refractivity contribution in [2.75, 3.05) is 18.9 Å². The summed E-state index contributed by atoms with van der Waals surface area (Å²) in [6, 6.07) is 6.36. The first-order valence-corrected chi connectivity index (χ1v) is 10.6. The van der Waals surface area contributed by atoms with Gasteiger partial charge in [-0.1, -0.05) is 31.4 Å². The molecule has 1 saturated carbocycles. The Morgan fingerprint density at radius 1 is 0.935 bits per heavy atom. The Bertz CT molecular complexity index is 920. The zero-order chi connectivity index (χ0) is 22.2. The fraction of sp³-hybridized carbons (Fsp3) is 0.500. The molecule has 2 heterocycles. The van der Waals surface area contributed by atoms with Crippen LogP contribution < -0.4 is 5.32 Å². The van der Waals surface area contributed by atoms with Crippen molar-refractivity contribution in [1.29, 1.82) is 0 Å². The van der Waals surface area contributed by atoms with Crippen molar-refractivity contribution < 1.29 is 24.0 Å². The fourth-order valence-corrected chi connectivity index (χ4v) is 4.69. The van der Waals surface area contributed by atoms with Crippen molar-refractivity contribution >= 4 is 35.3 Å². The second-order valence-electron chi connectivity index (χ2n) is 8.44. The van der Waals surface area contributed by atoms with Gasteiger partial charge in [0.1, 0.15) is 12.1 Å². The molecule has 3 aliphatic rings. The zero-order valence-corrected chi connectivity index (χ0v) is 17.6. The first-order chi connectivity index (χ1) is 14.8. The summed E-state index contributed by atoms with van der Waals surface area (Å²) >= 11 is 0. The number of anilines is 1. The minimum atomic E-state index is -0.804. The molecule has 3 fully saturated rings. The van der Waals surface area contributed by atoms with E-state index in [1.807, 2.05) is 0 Å². The molecule has 1 aromatic carbocycles. The number of carbonyl (C=O) groups excluding carboxylic acids is 5. The Hall–Kier alpha value is -3.23. The Morgan fingerprint density at radius 2 is 1.55 bits per heavy atom. The zero-order valence-electron chi connectivity index (χ0n) is 17.6. The monoisotopic (exact) mass is 426 g/mol. The van der Waals surface area contributed by atoms with Gasteiger partial charge in [-0.05, 0) is 30.5 Å². The average molecular weight is 426 g/mol. The number of imide groups is 2. The molecule has 2 saturated heterocycles. The molecule has 31 heavy (non-hydrogen) atoms. The molecule has 1 aliphatic carbocycles. The van der Waals surface area contributed by atoms with Crippen LogP contribution in [0.5, 0.6) is 0 Å². The molecular formula is C22H26N4O5. The molecule has 1 spiro atoms. The summed E-state index contributed by atoms with van der Waals surface area (Å²) in [6.45, 7) is -0.126. The third-order valence-corrected chi connectivity index (χ3v) is 6.52. The third-order valence-electron chi connectivity index (χ3n) is 6.52. The average Bonchev–Trinajstić information content (AvgIpc) is 3.16. The number of nitrogens with zero attached hydrogens (tertiary/aromatic N) is 3. The second-order valence-corrected chi connectivity index (χ2v) is 8.44. The Morgan fingerprint density at radius 3 is 2.16 bits per heavy atom. The van der Waals surface area contributed by atoms with E-state index in [-0.39, 0.29) is 43.7 Å². The quantitative estimate of drug-likeness (QED) is 0.571. The standard InChI is InChI=1S/C22H26N4O5/c1-24-21(31)26(20(30)22(24)11-3-2-4-12-22)14-17(27)23-16-7-5-15(6-8-16)13-25-18(28)9-10-19(25)29/h5-8H,2-4,9-14H2,1H3,(H,23,27). The summed E-state index contributed by atoms with van der Waals surface area (Å²) in [6.07, 6.45) is 4.60. The lowest BCUT2D eigenvalue weighted by Crippen LogP contribution is -2.49. The second kappa shape index (κ2) is 8.13. The van der Waals surface area contributed by atoms with Crippen LogP contribution in [0.25, 0.3) is 0 Å². The van der Waals surface area contributed by atoms with E-state index in [4.69, 9.17) is 0 Å². The van der Waals surface area contributed by atoms with Crippen LogP contribution in [0.3, 0.4) is 0 Å². The SMILES string of the molecule is CN1C(=O)N(CC(=O)Nc2ccc(CN3C(=O)CCC3=O)cc2)C(=O)C12CCCCC2. The van der Waals surface area contributed by atoms with Crippen molar-refractivity contribution in [3.8, 4) is 0 Å². The molecule has 0 unspecified atom stereocenters. The molecule has 0 bridgehead atoms. The highest BCUT2D eigenvalue weighted by atomic mass is 16.2. The van der Waals surface area contributed by atoms with Crippen LogP contribution >= 0.6 is 0 Å². The number of amides is 6. The van der Waals surface area contributed by atoms with Gasteiger partial charge < -0.3 is 10.2 Å². The maximum atomic E-state index is 13.0. The first-order valence-electron chi connectivity index (χ1n) is 10.6. The van der Waals surface area contributed by atoms with E-state index < -0.39 is 17.5 Å². The van der Waals surface area contributed by atoms with Crippen LogP contribution in [-0.4, -0.2) is 63.5 Å². The van der Waals surface area contributed by atoms with Gasteiger partial charge in [-0.15, -0.1) is 0 Å². The van der Waals surface area contributed by atoms with Crippen LogP contribution in [0.15, 0.2) is 24.3 Å². The molecule has 0 radical (unpaired) electrons. The molecule has 164 valence electrons. The van der Waals surface area contributed by atoms with Gasteiger partial charge in [0, 0.05) is 25.6 Å². The van der Waals surface area contributed by atoms with Crippen LogP contribution in [0.1, 0.15) is 50.5 Å². The topological polar surface area (TPSA) is 107 Å². The van der Waals surface area contributed by atoms with E-state index in [9.17, 15) is 24.0 Å². The fourth-order valence-electron chi connectivity index (χ4n) is 4.69. The minimum Gasteiger partial charge on any atom is -0.325 e. The van der Waals surface area contributed by atoms with Crippen molar-refractivity contribution in [1.82, 2.24) is 14.7 Å². The summed E-state index contributed by atoms with van der Waals surface area (Å²) in [5, 5.41) is 2.70. The number of hydrogen-bond acceptors (Lipinski definition) is 5. The predicted molar refractivity (Wildman–Crippen MR) is 111 cm³/mol. The highest BCUT2D eigenvalue weighted by Gasteiger charge is 2.55. The summed E-state index contributed by atoms with van der Waals surface area (Å²) in [7, 11) is 1.64. The molecular weight excluding hydrogens is 400 g/mol. The highest BCUT2D eigenvalue weighted by Crippen LogP contribution is 2.39. The van der Waals surface area contributed by atoms with Crippen molar-refractivity contribution in [3.63, 3.8) is 0 Å². The third kappa shape index (κ3) is 3.80. The number of nitrogens with one attached hydrogen (secondary N) is 1. The molecule has 1 N–H and O–H groups in total. The van der Waals surface area contributed by atoms with Gasteiger partial charge in [-0.2, -0.15) is 0 Å². The van der Waals surface area contributed by atoms with E-state index in [0.29, 0.717) is 18.5 Å². The van der Waals surface area contributed by atoms with E-state index in [1.54, 1.807) is 31.3 Å². The molecule has 1 aromatic rings. The first kappa shape index (κ1) is 21.0. The van der Waals surface area contributed by atoms with Gasteiger partial charge in [0.15, 0.2) is 0 Å². The Kier molecular flexibility index (Phi) is 5.51. The van der Waals surface area contributed by atoms with Crippen LogP contribution in [0, 0.1) is 0 Å². The number of urea groups is 1. The van der Waals surface area contributed by atoms with E-state index in [2.05, 4.69) is 5.32 Å². The minimum absolute atomic E-state index is 0.178. The molecule has 9 heteroatoms. The maximum absolute atomic E-state index is 13.0. The Labute approximate surface area is 180 Å². The summed E-state index contributed by atoms with van der Waals surface area (Å²) in [5.41, 5.74) is 0.474. The normalized spacial score (nSPS) is 20.9. The Balaban J connectivity index is 1.36. The molecule has 9 nitrogen and oxygen atoms in total. The summed E-state index contributed by atoms with van der Waals surface area (Å²) < 4.78 is 0. The predicted octanol–water partition coefficient (Wildman–Crippen LogP) is 1.87. The highest BCUT2D eigenvalue weighted by molar-refractivity contribution is 6.10. The van der Waals surface area contributed by atoms with Crippen molar-refractivity contribution in [2.45, 2.75) is 57.0 Å². The number of likely N-dealkylation sites (tertiary alicyclic amines) is 1. The lowest BCUT2D eigenvalue weighted by atomic mass is 9.81. The van der Waals surface area contributed by atoms with E-state index in [1.165, 1.54) is 9.80 Å². The van der Waals surface area contributed by atoms with Gasteiger partial charge in [0.25, 0.3) is 5.91 Å². The maximum Gasteiger partial charge on any atom is 0.327 e. The van der Waals surface area contributed by atoms with Gasteiger partial charge >= 0.3 is 6.03 Å². The summed E-state index contributed by atoms with van der Waals surface area (Å²) in [5.74, 6) is -1.10. The van der Waals surface area contributed by atoms with Crippen LogP contribution in [0.4, 0.5) is 10.5 Å². The largest absolute Gasteiger partial charge is 0.327 e. The van der Waals surface area contributed by atoms with Crippen molar-refractivity contribution in [3.05, 3.63) is 29.8 Å². The molecule has 0 aromatic heterocycles. The molecule has 4 rings (SSSR count). The number of benzene rings is 1. The number of hydrogen-bond donors (Lipinski definition) is 1. The molecule has 2 aliphatic heterocycles.